The first-order valence-electron chi connectivity index (χ1n) is 12.3. The zero-order valence-electron chi connectivity index (χ0n) is 19.9. The van der Waals surface area contributed by atoms with Gasteiger partial charge in [0.2, 0.25) is 0 Å². The van der Waals surface area contributed by atoms with E-state index in [1.165, 1.54) is 0 Å². The molecule has 3 fully saturated rings. The molecule has 1 atom stereocenters. The lowest BCUT2D eigenvalue weighted by Crippen LogP contribution is -2.52. The van der Waals surface area contributed by atoms with Gasteiger partial charge < -0.3 is 19.3 Å². The molecule has 3 aliphatic rings. The van der Waals surface area contributed by atoms with Gasteiger partial charge in [0.15, 0.2) is 27.9 Å². The number of rotatable bonds is 7. The van der Waals surface area contributed by atoms with Crippen LogP contribution >= 0.6 is 0 Å². The molecule has 10 heteroatoms. The van der Waals surface area contributed by atoms with Gasteiger partial charge in [-0.2, -0.15) is 0 Å². The Balaban J connectivity index is 1.34. The third-order valence-corrected chi connectivity index (χ3v) is 8.63. The van der Waals surface area contributed by atoms with E-state index in [-0.39, 0.29) is 36.0 Å². The SMILES string of the molecule is CCOc1cc(C(=O)N2CCN([C@H]3CCS(=O)(=O)C3)CC2)ccc1OCC(=O)N1CCCCC1. The third-order valence-electron chi connectivity index (χ3n) is 6.88. The Morgan fingerprint density at radius 1 is 0.941 bits per heavy atom. The Labute approximate surface area is 201 Å². The van der Waals surface area contributed by atoms with E-state index in [4.69, 9.17) is 9.47 Å². The van der Waals surface area contributed by atoms with Crippen LogP contribution in [0.2, 0.25) is 0 Å². The van der Waals surface area contributed by atoms with Gasteiger partial charge in [-0.3, -0.25) is 14.5 Å². The predicted octanol–water partition coefficient (Wildman–Crippen LogP) is 1.42. The minimum atomic E-state index is -2.92. The van der Waals surface area contributed by atoms with Crippen molar-refractivity contribution in [3.05, 3.63) is 23.8 Å². The van der Waals surface area contributed by atoms with Crippen molar-refractivity contribution in [3.63, 3.8) is 0 Å². The van der Waals surface area contributed by atoms with Crippen LogP contribution in [0.4, 0.5) is 0 Å². The van der Waals surface area contributed by atoms with Crippen molar-refractivity contribution in [2.24, 2.45) is 0 Å². The minimum absolute atomic E-state index is 0.0322. The summed E-state index contributed by atoms with van der Waals surface area (Å²) >= 11 is 0. The number of carbonyl (C=O) groups is 2. The maximum atomic E-state index is 13.1. The number of sulfone groups is 1. The normalized spacial score (nSPS) is 23.0. The Bertz CT molecular complexity index is 984. The molecule has 0 spiro atoms. The van der Waals surface area contributed by atoms with E-state index in [0.29, 0.717) is 56.3 Å². The van der Waals surface area contributed by atoms with Gasteiger partial charge in [0.1, 0.15) is 0 Å². The number of piperazine rings is 1. The van der Waals surface area contributed by atoms with Crippen LogP contribution in [-0.4, -0.2) is 105 Å². The van der Waals surface area contributed by atoms with Crippen LogP contribution in [0.5, 0.6) is 11.5 Å². The van der Waals surface area contributed by atoms with Crippen molar-refractivity contribution >= 4 is 21.7 Å². The van der Waals surface area contributed by atoms with Gasteiger partial charge in [-0.25, -0.2) is 8.42 Å². The van der Waals surface area contributed by atoms with E-state index in [1.807, 2.05) is 11.8 Å². The molecule has 0 N–H and O–H groups in total. The standard InChI is InChI=1S/C24H35N3O6S/c1-2-32-22-16-19(6-7-21(22)33-17-23(28)26-9-4-3-5-10-26)24(29)27-13-11-25(12-14-27)20-8-15-34(30,31)18-20/h6-7,16,20H,2-5,8-15,17-18H2,1H3/t20-/m0/s1. The molecular weight excluding hydrogens is 458 g/mol. The lowest BCUT2D eigenvalue weighted by atomic mass is 10.1. The van der Waals surface area contributed by atoms with Crippen LogP contribution in [0.25, 0.3) is 0 Å². The van der Waals surface area contributed by atoms with E-state index in [1.54, 1.807) is 23.1 Å². The van der Waals surface area contributed by atoms with Gasteiger partial charge in [-0.05, 0) is 50.8 Å². The Kier molecular flexibility index (Phi) is 7.98. The van der Waals surface area contributed by atoms with E-state index < -0.39 is 9.84 Å². The molecule has 9 nitrogen and oxygen atoms in total. The summed E-state index contributed by atoms with van der Waals surface area (Å²) in [5.41, 5.74) is 0.509. The van der Waals surface area contributed by atoms with Crippen molar-refractivity contribution in [1.82, 2.24) is 14.7 Å². The van der Waals surface area contributed by atoms with Gasteiger partial charge in [-0.1, -0.05) is 0 Å². The number of amides is 2. The molecule has 0 aromatic heterocycles. The van der Waals surface area contributed by atoms with Gasteiger partial charge in [-0.15, -0.1) is 0 Å². The highest BCUT2D eigenvalue weighted by molar-refractivity contribution is 7.91. The van der Waals surface area contributed by atoms with Gasteiger partial charge >= 0.3 is 0 Å². The second kappa shape index (κ2) is 10.9. The molecular formula is C24H35N3O6S. The summed E-state index contributed by atoms with van der Waals surface area (Å²) in [5, 5.41) is 0. The summed E-state index contributed by atoms with van der Waals surface area (Å²) < 4.78 is 35.1. The maximum Gasteiger partial charge on any atom is 0.260 e. The van der Waals surface area contributed by atoms with Crippen molar-refractivity contribution in [1.29, 1.82) is 0 Å². The quantitative estimate of drug-likeness (QED) is 0.567. The van der Waals surface area contributed by atoms with Crippen LogP contribution in [-0.2, 0) is 14.6 Å². The van der Waals surface area contributed by atoms with Crippen LogP contribution in [0.3, 0.4) is 0 Å². The van der Waals surface area contributed by atoms with Crippen LogP contribution in [0, 0.1) is 0 Å². The van der Waals surface area contributed by atoms with E-state index in [0.717, 1.165) is 32.4 Å². The maximum absolute atomic E-state index is 13.1. The Morgan fingerprint density at radius 2 is 1.68 bits per heavy atom. The first kappa shape index (κ1) is 24.8. The molecule has 1 aromatic rings. The fourth-order valence-electron chi connectivity index (χ4n) is 4.94. The smallest absolute Gasteiger partial charge is 0.260 e. The molecule has 0 aliphatic carbocycles. The summed E-state index contributed by atoms with van der Waals surface area (Å²) in [4.78, 5) is 31.4. The molecule has 0 unspecified atom stereocenters. The first-order chi connectivity index (χ1) is 16.4. The molecule has 3 aliphatic heterocycles. The summed E-state index contributed by atoms with van der Waals surface area (Å²) in [7, 11) is -2.92. The average molecular weight is 494 g/mol. The Morgan fingerprint density at radius 3 is 2.32 bits per heavy atom. The van der Waals surface area contributed by atoms with Gasteiger partial charge in [0.05, 0.1) is 18.1 Å². The molecule has 188 valence electrons. The number of likely N-dealkylation sites (tertiary alicyclic amines) is 1. The molecule has 3 heterocycles. The molecule has 2 amide bonds. The molecule has 34 heavy (non-hydrogen) atoms. The highest BCUT2D eigenvalue weighted by Crippen LogP contribution is 2.29. The highest BCUT2D eigenvalue weighted by Gasteiger charge is 2.34. The molecule has 3 saturated heterocycles. The lowest BCUT2D eigenvalue weighted by molar-refractivity contribution is -0.134. The summed E-state index contributed by atoms with van der Waals surface area (Å²) in [6.07, 6.45) is 3.89. The molecule has 4 rings (SSSR count). The summed E-state index contributed by atoms with van der Waals surface area (Å²) in [5.74, 6) is 1.27. The Hall–Kier alpha value is -2.33. The number of hydrogen-bond donors (Lipinski definition) is 0. The van der Waals surface area contributed by atoms with Crippen LogP contribution in [0.1, 0.15) is 43.0 Å². The van der Waals surface area contributed by atoms with Crippen molar-refractivity contribution < 1.29 is 27.5 Å². The van der Waals surface area contributed by atoms with Crippen molar-refractivity contribution in [2.75, 3.05) is 64.0 Å². The van der Waals surface area contributed by atoms with Crippen molar-refractivity contribution in [2.45, 2.75) is 38.6 Å². The zero-order chi connectivity index (χ0) is 24.1. The largest absolute Gasteiger partial charge is 0.490 e. The minimum Gasteiger partial charge on any atom is -0.490 e. The number of nitrogens with zero attached hydrogens (tertiary/aromatic N) is 3. The second-order valence-electron chi connectivity index (χ2n) is 9.21. The van der Waals surface area contributed by atoms with E-state index in [2.05, 4.69) is 4.90 Å². The number of benzene rings is 1. The second-order valence-corrected chi connectivity index (χ2v) is 11.4. The van der Waals surface area contributed by atoms with E-state index >= 15 is 0 Å². The highest BCUT2D eigenvalue weighted by atomic mass is 32.2. The third kappa shape index (κ3) is 6.02. The van der Waals surface area contributed by atoms with Crippen LogP contribution < -0.4 is 9.47 Å². The van der Waals surface area contributed by atoms with Gasteiger partial charge in [0, 0.05) is 50.9 Å². The van der Waals surface area contributed by atoms with Gasteiger partial charge in [0.25, 0.3) is 11.8 Å². The monoisotopic (exact) mass is 493 g/mol. The summed E-state index contributed by atoms with van der Waals surface area (Å²) in [6, 6.07) is 5.15. The first-order valence-corrected chi connectivity index (χ1v) is 14.1. The summed E-state index contributed by atoms with van der Waals surface area (Å²) in [6.45, 7) is 6.23. The number of piperidine rings is 1. The molecule has 0 bridgehead atoms. The fraction of sp³-hybridized carbons (Fsp3) is 0.667. The predicted molar refractivity (Wildman–Crippen MR) is 128 cm³/mol. The molecule has 0 radical (unpaired) electrons. The van der Waals surface area contributed by atoms with Crippen LogP contribution in [0.15, 0.2) is 18.2 Å². The lowest BCUT2D eigenvalue weighted by Gasteiger charge is -2.37. The number of carbonyl (C=O) groups excluding carboxylic acids is 2. The number of ether oxygens (including phenoxy) is 2. The topological polar surface area (TPSA) is 96.5 Å². The van der Waals surface area contributed by atoms with Crippen molar-refractivity contribution in [3.8, 4) is 11.5 Å². The average Bonchev–Trinajstić information content (AvgIpc) is 3.23. The number of hydrogen-bond acceptors (Lipinski definition) is 7. The molecule has 1 aromatic carbocycles. The van der Waals surface area contributed by atoms with E-state index in [9.17, 15) is 18.0 Å². The fourth-order valence-corrected chi connectivity index (χ4v) is 6.70. The zero-order valence-corrected chi connectivity index (χ0v) is 20.7. The molecule has 0 saturated carbocycles.